The number of hydrogen-bond acceptors (Lipinski definition) is 4. The Bertz CT molecular complexity index is 638. The summed E-state index contributed by atoms with van der Waals surface area (Å²) in [6, 6.07) is 2.74. The number of halogens is 3. The molecule has 0 aromatic carbocycles. The van der Waals surface area contributed by atoms with Gasteiger partial charge in [0, 0.05) is 5.71 Å². The summed E-state index contributed by atoms with van der Waals surface area (Å²) in [5.41, 5.74) is -3.08. The minimum absolute atomic E-state index is 0.149. The van der Waals surface area contributed by atoms with Gasteiger partial charge in [0.05, 0.1) is 5.92 Å². The number of furan rings is 1. The van der Waals surface area contributed by atoms with Crippen LogP contribution in [0.25, 0.3) is 0 Å². The van der Waals surface area contributed by atoms with E-state index in [2.05, 4.69) is 5.10 Å². The molecule has 1 amide bonds. The van der Waals surface area contributed by atoms with Gasteiger partial charge in [0.25, 0.3) is 5.72 Å². The number of aliphatic hydroxyl groups is 1. The highest BCUT2D eigenvalue weighted by atomic mass is 19.4. The zero-order valence-corrected chi connectivity index (χ0v) is 11.9. The molecule has 8 heteroatoms. The molecule has 2 atom stereocenters. The van der Waals surface area contributed by atoms with Gasteiger partial charge in [-0.25, -0.2) is 0 Å². The van der Waals surface area contributed by atoms with E-state index in [1.165, 1.54) is 12.1 Å². The Balaban J connectivity index is 2.03. The van der Waals surface area contributed by atoms with Crippen LogP contribution in [-0.2, 0) is 0 Å². The van der Waals surface area contributed by atoms with Crippen molar-refractivity contribution < 1.29 is 27.5 Å². The molecule has 22 heavy (non-hydrogen) atoms. The molecular formula is C14H15F3N2O3. The molecule has 1 saturated carbocycles. The summed E-state index contributed by atoms with van der Waals surface area (Å²) in [5, 5.41) is 14.3. The van der Waals surface area contributed by atoms with E-state index in [-0.39, 0.29) is 22.9 Å². The average molecular weight is 316 g/mol. The lowest BCUT2D eigenvalue weighted by Crippen LogP contribution is -2.61. The number of fused-ring (bicyclic) bond motifs is 1. The van der Waals surface area contributed by atoms with Gasteiger partial charge in [0.2, 0.25) is 0 Å². The van der Waals surface area contributed by atoms with Crippen molar-refractivity contribution in [1.82, 2.24) is 5.01 Å². The van der Waals surface area contributed by atoms with Crippen LogP contribution in [0.5, 0.6) is 0 Å². The highest BCUT2D eigenvalue weighted by molar-refractivity contribution is 5.98. The lowest BCUT2D eigenvalue weighted by Gasteiger charge is -2.37. The van der Waals surface area contributed by atoms with E-state index in [0.29, 0.717) is 25.0 Å². The summed E-state index contributed by atoms with van der Waals surface area (Å²) in [7, 11) is 0. The zero-order chi connectivity index (χ0) is 16.1. The molecule has 1 aromatic heterocycles. The molecule has 0 spiro atoms. The molecule has 5 nitrogen and oxygen atoms in total. The van der Waals surface area contributed by atoms with Crippen molar-refractivity contribution in [3.05, 3.63) is 23.7 Å². The Morgan fingerprint density at radius 3 is 2.77 bits per heavy atom. The standard InChI is InChI=1S/C14H15F3N2O3/c1-8-6-7-11(22-8)12(20)19-13(21,14(15,16)17)9-4-2-3-5-10(9)18-19/h6-7,9,21H,2-5H2,1H3. The van der Waals surface area contributed by atoms with Crippen LogP contribution in [0, 0.1) is 12.8 Å². The number of aryl methyl sites for hydroxylation is 1. The maximum atomic E-state index is 13.5. The second-order valence-electron chi connectivity index (χ2n) is 5.64. The first-order valence-electron chi connectivity index (χ1n) is 7.02. The Labute approximate surface area is 124 Å². The summed E-state index contributed by atoms with van der Waals surface area (Å²) in [4.78, 5) is 12.3. The number of hydrazone groups is 1. The maximum Gasteiger partial charge on any atom is 0.439 e. The largest absolute Gasteiger partial charge is 0.456 e. The van der Waals surface area contributed by atoms with Crippen LogP contribution in [0.2, 0.25) is 0 Å². The van der Waals surface area contributed by atoms with Gasteiger partial charge in [0.1, 0.15) is 5.76 Å². The van der Waals surface area contributed by atoms with Crippen LogP contribution in [0.4, 0.5) is 13.2 Å². The highest BCUT2D eigenvalue weighted by Crippen LogP contribution is 2.48. The minimum Gasteiger partial charge on any atom is -0.456 e. The van der Waals surface area contributed by atoms with Gasteiger partial charge in [0.15, 0.2) is 5.76 Å². The van der Waals surface area contributed by atoms with E-state index in [1.807, 2.05) is 0 Å². The molecule has 1 N–H and O–H groups in total. The van der Waals surface area contributed by atoms with Crippen LogP contribution in [-0.4, -0.2) is 33.6 Å². The molecule has 2 heterocycles. The predicted octanol–water partition coefficient (Wildman–Crippen LogP) is 2.84. The fourth-order valence-corrected chi connectivity index (χ4v) is 3.07. The van der Waals surface area contributed by atoms with Crippen LogP contribution in [0.1, 0.15) is 42.0 Å². The molecule has 0 radical (unpaired) electrons. The van der Waals surface area contributed by atoms with Gasteiger partial charge in [-0.1, -0.05) is 6.42 Å². The smallest absolute Gasteiger partial charge is 0.439 e. The van der Waals surface area contributed by atoms with Crippen molar-refractivity contribution in [2.45, 2.75) is 44.5 Å². The van der Waals surface area contributed by atoms with Gasteiger partial charge in [-0.05, 0) is 38.3 Å². The monoisotopic (exact) mass is 316 g/mol. The van der Waals surface area contributed by atoms with E-state index in [1.54, 1.807) is 6.92 Å². The third-order valence-corrected chi connectivity index (χ3v) is 4.18. The van der Waals surface area contributed by atoms with Crippen molar-refractivity contribution >= 4 is 11.6 Å². The lowest BCUT2D eigenvalue weighted by molar-refractivity contribution is -0.312. The first kappa shape index (κ1) is 15.1. The molecule has 1 aliphatic heterocycles. The van der Waals surface area contributed by atoms with E-state index >= 15 is 0 Å². The number of carbonyl (C=O) groups is 1. The van der Waals surface area contributed by atoms with E-state index in [0.717, 1.165) is 0 Å². The van der Waals surface area contributed by atoms with Gasteiger partial charge in [-0.15, -0.1) is 0 Å². The SMILES string of the molecule is Cc1ccc(C(=O)N2N=C3CCCCC3C2(O)C(F)(F)F)o1. The van der Waals surface area contributed by atoms with Gasteiger partial charge < -0.3 is 9.52 Å². The normalized spacial score (nSPS) is 28.5. The van der Waals surface area contributed by atoms with Crippen molar-refractivity contribution in [1.29, 1.82) is 0 Å². The molecular weight excluding hydrogens is 301 g/mol. The third kappa shape index (κ3) is 2.05. The first-order chi connectivity index (χ1) is 10.2. The summed E-state index contributed by atoms with van der Waals surface area (Å²) < 4.78 is 45.6. The summed E-state index contributed by atoms with van der Waals surface area (Å²) in [5.74, 6) is -2.18. The number of amides is 1. The fraction of sp³-hybridized carbons (Fsp3) is 0.571. The number of hydrogen-bond donors (Lipinski definition) is 1. The molecule has 1 fully saturated rings. The number of carbonyl (C=O) groups excluding carboxylic acids is 1. The first-order valence-corrected chi connectivity index (χ1v) is 7.02. The molecule has 2 unspecified atom stereocenters. The summed E-state index contributed by atoms with van der Waals surface area (Å²) in [6.07, 6.45) is -3.24. The Hall–Kier alpha value is -1.83. The molecule has 0 bridgehead atoms. The van der Waals surface area contributed by atoms with Gasteiger partial charge in [-0.3, -0.25) is 4.79 Å². The van der Waals surface area contributed by atoms with Crippen LogP contribution < -0.4 is 0 Å². The zero-order valence-electron chi connectivity index (χ0n) is 11.9. The third-order valence-electron chi connectivity index (χ3n) is 4.18. The number of alkyl halides is 3. The van der Waals surface area contributed by atoms with E-state index in [9.17, 15) is 23.1 Å². The Morgan fingerprint density at radius 2 is 2.18 bits per heavy atom. The Morgan fingerprint density at radius 1 is 1.45 bits per heavy atom. The highest BCUT2D eigenvalue weighted by Gasteiger charge is 2.68. The second-order valence-corrected chi connectivity index (χ2v) is 5.64. The van der Waals surface area contributed by atoms with Gasteiger partial charge in [-0.2, -0.15) is 23.3 Å². The maximum absolute atomic E-state index is 13.5. The molecule has 0 saturated heterocycles. The minimum atomic E-state index is -5.00. The van der Waals surface area contributed by atoms with Crippen LogP contribution >= 0.6 is 0 Å². The number of rotatable bonds is 1. The molecule has 3 rings (SSSR count). The van der Waals surface area contributed by atoms with Crippen LogP contribution in [0.15, 0.2) is 21.7 Å². The van der Waals surface area contributed by atoms with Gasteiger partial charge >= 0.3 is 12.1 Å². The van der Waals surface area contributed by atoms with Crippen LogP contribution in [0.3, 0.4) is 0 Å². The summed E-state index contributed by atoms with van der Waals surface area (Å²) in [6.45, 7) is 1.57. The Kier molecular flexibility index (Phi) is 3.32. The fourth-order valence-electron chi connectivity index (χ4n) is 3.07. The molecule has 1 aliphatic carbocycles. The van der Waals surface area contributed by atoms with E-state index < -0.39 is 23.7 Å². The predicted molar refractivity (Wildman–Crippen MR) is 70.0 cm³/mol. The quantitative estimate of drug-likeness (QED) is 0.866. The van der Waals surface area contributed by atoms with Crippen molar-refractivity contribution in [3.8, 4) is 0 Å². The van der Waals surface area contributed by atoms with Crippen molar-refractivity contribution in [3.63, 3.8) is 0 Å². The molecule has 2 aliphatic rings. The molecule has 120 valence electrons. The lowest BCUT2D eigenvalue weighted by atomic mass is 9.80. The summed E-state index contributed by atoms with van der Waals surface area (Å²) >= 11 is 0. The number of nitrogens with zero attached hydrogens (tertiary/aromatic N) is 2. The second kappa shape index (κ2) is 4.84. The van der Waals surface area contributed by atoms with Crippen molar-refractivity contribution in [2.75, 3.05) is 0 Å². The van der Waals surface area contributed by atoms with E-state index in [4.69, 9.17) is 4.42 Å². The topological polar surface area (TPSA) is 66.0 Å². The molecule has 1 aromatic rings. The van der Waals surface area contributed by atoms with Crippen molar-refractivity contribution in [2.24, 2.45) is 11.0 Å². The average Bonchev–Trinajstić information content (AvgIpc) is 3.01.